The van der Waals surface area contributed by atoms with E-state index in [1.807, 2.05) is 0 Å². The molecule has 0 amide bonds. The SMILES string of the molecule is COC(=O)c1cc(F)cnc1-c1cc(Cl)c(Cl)c(Cl)c1. The topological polar surface area (TPSA) is 39.2 Å². The van der Waals surface area contributed by atoms with Crippen LogP contribution in [-0.2, 0) is 4.74 Å². The number of carbonyl (C=O) groups is 1. The van der Waals surface area contributed by atoms with Crippen molar-refractivity contribution in [1.29, 1.82) is 0 Å². The van der Waals surface area contributed by atoms with Crippen LogP contribution in [0.5, 0.6) is 0 Å². The van der Waals surface area contributed by atoms with Crippen molar-refractivity contribution in [2.75, 3.05) is 7.11 Å². The highest BCUT2D eigenvalue weighted by Gasteiger charge is 2.18. The molecule has 0 spiro atoms. The van der Waals surface area contributed by atoms with E-state index < -0.39 is 11.8 Å². The lowest BCUT2D eigenvalue weighted by Crippen LogP contribution is -2.06. The molecular formula is C13H7Cl3FNO2. The molecule has 0 N–H and O–H groups in total. The monoisotopic (exact) mass is 333 g/mol. The van der Waals surface area contributed by atoms with Crippen LogP contribution < -0.4 is 0 Å². The molecule has 2 aromatic rings. The molecule has 20 heavy (non-hydrogen) atoms. The molecule has 1 aromatic heterocycles. The average molecular weight is 335 g/mol. The second-order valence-corrected chi connectivity index (χ2v) is 4.99. The van der Waals surface area contributed by atoms with E-state index in [1.54, 1.807) is 0 Å². The van der Waals surface area contributed by atoms with Crippen LogP contribution in [0.4, 0.5) is 4.39 Å². The summed E-state index contributed by atoms with van der Waals surface area (Å²) >= 11 is 17.7. The number of carbonyl (C=O) groups excluding carboxylic acids is 1. The van der Waals surface area contributed by atoms with E-state index >= 15 is 0 Å². The highest BCUT2D eigenvalue weighted by atomic mass is 35.5. The number of benzene rings is 1. The van der Waals surface area contributed by atoms with Crippen molar-refractivity contribution < 1.29 is 13.9 Å². The van der Waals surface area contributed by atoms with Crippen molar-refractivity contribution in [3.63, 3.8) is 0 Å². The average Bonchev–Trinajstić information content (AvgIpc) is 2.43. The second-order valence-electron chi connectivity index (χ2n) is 3.80. The molecule has 0 radical (unpaired) electrons. The molecule has 0 unspecified atom stereocenters. The van der Waals surface area contributed by atoms with Gasteiger partial charge in [0.05, 0.1) is 39.6 Å². The summed E-state index contributed by atoms with van der Waals surface area (Å²) in [6.07, 6.45) is 0.984. The zero-order valence-corrected chi connectivity index (χ0v) is 12.4. The van der Waals surface area contributed by atoms with Crippen LogP contribution in [0.15, 0.2) is 24.4 Å². The van der Waals surface area contributed by atoms with Gasteiger partial charge in [-0.05, 0) is 18.2 Å². The van der Waals surface area contributed by atoms with Crippen molar-refractivity contribution in [3.05, 3.63) is 50.8 Å². The lowest BCUT2D eigenvalue weighted by molar-refractivity contribution is 0.0600. The summed E-state index contributed by atoms with van der Waals surface area (Å²) < 4.78 is 17.8. The molecule has 0 aliphatic heterocycles. The van der Waals surface area contributed by atoms with Crippen molar-refractivity contribution in [3.8, 4) is 11.3 Å². The van der Waals surface area contributed by atoms with Crippen molar-refractivity contribution in [2.24, 2.45) is 0 Å². The first kappa shape index (κ1) is 15.0. The molecule has 104 valence electrons. The zero-order valence-electron chi connectivity index (χ0n) is 10.1. The molecule has 0 fully saturated rings. The molecule has 0 saturated heterocycles. The Labute approximate surface area is 129 Å². The summed E-state index contributed by atoms with van der Waals surface area (Å²) in [5.41, 5.74) is 0.616. The fourth-order valence-electron chi connectivity index (χ4n) is 1.63. The summed E-state index contributed by atoms with van der Waals surface area (Å²) in [5.74, 6) is -1.37. The molecular weight excluding hydrogens is 328 g/mol. The van der Waals surface area contributed by atoms with Gasteiger partial charge in [0.15, 0.2) is 0 Å². The van der Waals surface area contributed by atoms with Gasteiger partial charge in [0.25, 0.3) is 0 Å². The number of hydrogen-bond donors (Lipinski definition) is 0. The maximum atomic E-state index is 13.2. The lowest BCUT2D eigenvalue weighted by Gasteiger charge is -2.09. The summed E-state index contributed by atoms with van der Waals surface area (Å²) in [5, 5.41) is 0.603. The quantitative estimate of drug-likeness (QED) is 0.593. The molecule has 0 aliphatic rings. The summed E-state index contributed by atoms with van der Waals surface area (Å²) in [4.78, 5) is 15.6. The van der Waals surface area contributed by atoms with Crippen LogP contribution in [0, 0.1) is 5.82 Å². The third kappa shape index (κ3) is 2.87. The summed E-state index contributed by atoms with van der Waals surface area (Å²) in [7, 11) is 1.19. The molecule has 0 bridgehead atoms. The number of nitrogens with zero attached hydrogens (tertiary/aromatic N) is 1. The first-order valence-electron chi connectivity index (χ1n) is 5.32. The van der Waals surface area contributed by atoms with E-state index in [9.17, 15) is 9.18 Å². The number of ether oxygens (including phenoxy) is 1. The largest absolute Gasteiger partial charge is 0.465 e. The van der Waals surface area contributed by atoms with Crippen molar-refractivity contribution >= 4 is 40.8 Å². The number of halogens is 4. The van der Waals surface area contributed by atoms with E-state index in [0.717, 1.165) is 12.3 Å². The van der Waals surface area contributed by atoms with Crippen molar-refractivity contribution in [2.45, 2.75) is 0 Å². The van der Waals surface area contributed by atoms with Gasteiger partial charge < -0.3 is 4.74 Å². The predicted molar refractivity (Wildman–Crippen MR) is 76.0 cm³/mol. The van der Waals surface area contributed by atoms with Gasteiger partial charge in [-0.2, -0.15) is 0 Å². The third-order valence-corrected chi connectivity index (χ3v) is 3.71. The number of methoxy groups -OCH3 is 1. The maximum absolute atomic E-state index is 13.2. The Balaban J connectivity index is 2.66. The Morgan fingerprint density at radius 2 is 1.80 bits per heavy atom. The molecule has 7 heteroatoms. The lowest BCUT2D eigenvalue weighted by atomic mass is 10.1. The molecule has 0 atom stereocenters. The van der Waals surface area contributed by atoms with E-state index in [1.165, 1.54) is 19.2 Å². The fourth-order valence-corrected chi connectivity index (χ4v) is 2.22. The predicted octanol–water partition coefficient (Wildman–Crippen LogP) is 4.63. The number of rotatable bonds is 2. The zero-order chi connectivity index (χ0) is 14.9. The van der Waals surface area contributed by atoms with Crippen LogP contribution in [-0.4, -0.2) is 18.1 Å². The van der Waals surface area contributed by atoms with Crippen molar-refractivity contribution in [1.82, 2.24) is 4.98 Å². The number of hydrogen-bond acceptors (Lipinski definition) is 3. The summed E-state index contributed by atoms with van der Waals surface area (Å²) in [6, 6.07) is 4.01. The maximum Gasteiger partial charge on any atom is 0.340 e. The Morgan fingerprint density at radius 3 is 2.35 bits per heavy atom. The summed E-state index contributed by atoms with van der Waals surface area (Å²) in [6.45, 7) is 0. The van der Waals surface area contributed by atoms with Gasteiger partial charge >= 0.3 is 5.97 Å². The van der Waals surface area contributed by atoms with Gasteiger partial charge in [0.2, 0.25) is 0 Å². The van der Waals surface area contributed by atoms with Gasteiger partial charge in [-0.1, -0.05) is 34.8 Å². The van der Waals surface area contributed by atoms with Crippen LogP contribution >= 0.6 is 34.8 Å². The number of pyridine rings is 1. The molecule has 0 saturated carbocycles. The highest BCUT2D eigenvalue weighted by molar-refractivity contribution is 6.48. The van der Waals surface area contributed by atoms with Gasteiger partial charge in [-0.25, -0.2) is 9.18 Å². The van der Waals surface area contributed by atoms with Crippen LogP contribution in [0.3, 0.4) is 0 Å². The molecule has 1 heterocycles. The minimum atomic E-state index is -0.714. The third-order valence-electron chi connectivity index (χ3n) is 2.52. The van der Waals surface area contributed by atoms with E-state index in [4.69, 9.17) is 34.8 Å². The van der Waals surface area contributed by atoms with Gasteiger partial charge in [-0.3, -0.25) is 4.98 Å². The molecule has 3 nitrogen and oxygen atoms in total. The normalized spacial score (nSPS) is 10.4. The molecule has 2 rings (SSSR count). The van der Waals surface area contributed by atoms with E-state index in [2.05, 4.69) is 9.72 Å². The first-order chi connectivity index (χ1) is 9.43. The first-order valence-corrected chi connectivity index (χ1v) is 6.46. The molecule has 0 aliphatic carbocycles. The Kier molecular flexibility index (Phi) is 4.48. The minimum absolute atomic E-state index is 0.0260. The second kappa shape index (κ2) is 5.95. The number of esters is 1. The smallest absolute Gasteiger partial charge is 0.340 e. The van der Waals surface area contributed by atoms with Gasteiger partial charge in [-0.15, -0.1) is 0 Å². The standard InChI is InChI=1S/C13H7Cl3FNO2/c1-20-13(19)8-4-7(17)5-18-12(8)6-2-9(14)11(16)10(15)3-6/h2-5H,1H3. The van der Waals surface area contributed by atoms with E-state index in [0.29, 0.717) is 5.56 Å². The Bertz CT molecular complexity index is 668. The van der Waals surface area contributed by atoms with Gasteiger partial charge in [0.1, 0.15) is 5.82 Å². The fraction of sp³-hybridized carbons (Fsp3) is 0.0769. The highest BCUT2D eigenvalue weighted by Crippen LogP contribution is 2.35. The van der Waals surface area contributed by atoms with Crippen LogP contribution in [0.25, 0.3) is 11.3 Å². The number of aromatic nitrogens is 1. The Hall–Kier alpha value is -1.36. The minimum Gasteiger partial charge on any atom is -0.465 e. The Morgan fingerprint density at radius 1 is 1.20 bits per heavy atom. The molecule has 1 aromatic carbocycles. The van der Waals surface area contributed by atoms with E-state index in [-0.39, 0.29) is 26.3 Å². The van der Waals surface area contributed by atoms with Gasteiger partial charge in [0, 0.05) is 5.56 Å². The van der Waals surface area contributed by atoms with Crippen LogP contribution in [0.2, 0.25) is 15.1 Å². The van der Waals surface area contributed by atoms with Crippen LogP contribution in [0.1, 0.15) is 10.4 Å².